The first-order chi connectivity index (χ1) is 10.1. The number of aliphatic carboxylic acids is 1. The molecule has 0 aromatic heterocycles. The van der Waals surface area contributed by atoms with Gasteiger partial charge in [0.1, 0.15) is 0 Å². The van der Waals surface area contributed by atoms with E-state index in [-0.39, 0.29) is 11.8 Å². The molecule has 5 heteroatoms. The third kappa shape index (κ3) is 3.57. The lowest BCUT2D eigenvalue weighted by Gasteiger charge is -2.28. The summed E-state index contributed by atoms with van der Waals surface area (Å²) in [5.74, 6) is -1.11. The van der Waals surface area contributed by atoms with Crippen molar-refractivity contribution in [2.45, 2.75) is 51.0 Å². The molecule has 3 aliphatic rings. The Hall–Kier alpha value is -1.10. The highest BCUT2D eigenvalue weighted by Gasteiger charge is 2.37. The van der Waals surface area contributed by atoms with Crippen molar-refractivity contribution in [3.8, 4) is 0 Å². The van der Waals surface area contributed by atoms with Crippen LogP contribution >= 0.6 is 0 Å². The molecule has 3 unspecified atom stereocenters. The molecule has 5 nitrogen and oxygen atoms in total. The number of carbonyl (C=O) groups excluding carboxylic acids is 1. The second-order valence-corrected chi connectivity index (χ2v) is 6.96. The molecule has 2 N–H and O–H groups in total. The van der Waals surface area contributed by atoms with Crippen LogP contribution in [0.3, 0.4) is 0 Å². The van der Waals surface area contributed by atoms with Crippen LogP contribution in [0.1, 0.15) is 44.9 Å². The van der Waals surface area contributed by atoms with Crippen molar-refractivity contribution in [3.63, 3.8) is 0 Å². The van der Waals surface area contributed by atoms with Gasteiger partial charge < -0.3 is 15.3 Å². The summed E-state index contributed by atoms with van der Waals surface area (Å²) < 4.78 is 0. The number of hydrogen-bond acceptors (Lipinski definition) is 3. The number of carbonyl (C=O) groups is 2. The maximum Gasteiger partial charge on any atom is 0.307 e. The first kappa shape index (κ1) is 14.8. The zero-order valence-corrected chi connectivity index (χ0v) is 12.6. The standard InChI is InChI=1S/C16H26N2O3/c19-15(13-3-1-2-4-14(13)16(20)21)17-9-11-7-8-18(10-11)12-5-6-12/h11-14H,1-10H2,(H,17,19)(H,20,21). The van der Waals surface area contributed by atoms with Crippen LogP contribution in [0, 0.1) is 17.8 Å². The molecular weight excluding hydrogens is 268 g/mol. The summed E-state index contributed by atoms with van der Waals surface area (Å²) in [5, 5.41) is 12.3. The van der Waals surface area contributed by atoms with Gasteiger partial charge in [-0.1, -0.05) is 12.8 Å². The van der Waals surface area contributed by atoms with Gasteiger partial charge in [-0.2, -0.15) is 0 Å². The molecule has 21 heavy (non-hydrogen) atoms. The van der Waals surface area contributed by atoms with Crippen LogP contribution < -0.4 is 5.32 Å². The molecule has 0 bridgehead atoms. The number of likely N-dealkylation sites (tertiary alicyclic amines) is 1. The van der Waals surface area contributed by atoms with Gasteiger partial charge in [0.25, 0.3) is 0 Å². The Kier molecular flexibility index (Phi) is 4.48. The number of carboxylic acids is 1. The summed E-state index contributed by atoms with van der Waals surface area (Å²) in [6.45, 7) is 2.97. The fourth-order valence-electron chi connectivity index (χ4n) is 3.92. The molecule has 0 aromatic carbocycles. The smallest absolute Gasteiger partial charge is 0.307 e. The van der Waals surface area contributed by atoms with E-state index in [1.807, 2.05) is 0 Å². The largest absolute Gasteiger partial charge is 0.481 e. The van der Waals surface area contributed by atoms with E-state index in [0.717, 1.165) is 44.8 Å². The maximum absolute atomic E-state index is 12.3. The SMILES string of the molecule is O=C(O)C1CCCCC1C(=O)NCC1CCN(C2CC2)C1. The van der Waals surface area contributed by atoms with Crippen LogP contribution in [0.4, 0.5) is 0 Å². The summed E-state index contributed by atoms with van der Waals surface area (Å²) in [6.07, 6.45) is 7.10. The Balaban J connectivity index is 1.45. The Morgan fingerprint density at radius 2 is 1.76 bits per heavy atom. The first-order valence-corrected chi connectivity index (χ1v) is 8.39. The Morgan fingerprint density at radius 1 is 1.05 bits per heavy atom. The van der Waals surface area contributed by atoms with Crippen LogP contribution in [0.15, 0.2) is 0 Å². The number of nitrogens with one attached hydrogen (secondary N) is 1. The molecule has 2 saturated carbocycles. The van der Waals surface area contributed by atoms with Gasteiger partial charge in [0, 0.05) is 19.1 Å². The second kappa shape index (κ2) is 6.34. The maximum atomic E-state index is 12.3. The van der Waals surface area contributed by atoms with E-state index in [1.165, 1.54) is 12.8 Å². The summed E-state index contributed by atoms with van der Waals surface area (Å²) >= 11 is 0. The molecule has 3 atom stereocenters. The van der Waals surface area contributed by atoms with Gasteiger partial charge in [-0.3, -0.25) is 9.59 Å². The van der Waals surface area contributed by atoms with Crippen molar-refractivity contribution >= 4 is 11.9 Å². The van der Waals surface area contributed by atoms with Gasteiger partial charge in [0.05, 0.1) is 11.8 Å². The zero-order valence-electron chi connectivity index (χ0n) is 12.6. The molecule has 1 heterocycles. The molecular formula is C16H26N2O3. The van der Waals surface area contributed by atoms with E-state index in [0.29, 0.717) is 18.9 Å². The van der Waals surface area contributed by atoms with Gasteiger partial charge >= 0.3 is 5.97 Å². The van der Waals surface area contributed by atoms with Crippen molar-refractivity contribution in [2.75, 3.05) is 19.6 Å². The molecule has 3 fully saturated rings. The van der Waals surface area contributed by atoms with Crippen LogP contribution in [-0.2, 0) is 9.59 Å². The van der Waals surface area contributed by atoms with E-state index in [4.69, 9.17) is 0 Å². The predicted molar refractivity (Wildman–Crippen MR) is 78.8 cm³/mol. The highest BCUT2D eigenvalue weighted by Crippen LogP contribution is 2.32. The Morgan fingerprint density at radius 3 is 2.43 bits per heavy atom. The average molecular weight is 294 g/mol. The average Bonchev–Trinajstić information content (AvgIpc) is 3.24. The molecule has 0 radical (unpaired) electrons. The minimum absolute atomic E-state index is 0.0352. The normalized spacial score (nSPS) is 33.8. The topological polar surface area (TPSA) is 69.6 Å². The molecule has 118 valence electrons. The summed E-state index contributed by atoms with van der Waals surface area (Å²) in [4.78, 5) is 26.1. The molecule has 3 rings (SSSR count). The van der Waals surface area contributed by atoms with Crippen molar-refractivity contribution in [1.29, 1.82) is 0 Å². The zero-order chi connectivity index (χ0) is 14.8. The molecule has 0 aromatic rings. The second-order valence-electron chi connectivity index (χ2n) is 6.96. The van der Waals surface area contributed by atoms with Gasteiger partial charge in [0.2, 0.25) is 5.91 Å². The van der Waals surface area contributed by atoms with Crippen LogP contribution in [0.25, 0.3) is 0 Å². The van der Waals surface area contributed by atoms with Gasteiger partial charge in [-0.25, -0.2) is 0 Å². The van der Waals surface area contributed by atoms with E-state index in [9.17, 15) is 14.7 Å². The van der Waals surface area contributed by atoms with E-state index in [1.54, 1.807) is 0 Å². The fourth-order valence-corrected chi connectivity index (χ4v) is 3.92. The molecule has 2 aliphatic carbocycles. The lowest BCUT2D eigenvalue weighted by atomic mass is 9.78. The summed E-state index contributed by atoms with van der Waals surface area (Å²) in [5.41, 5.74) is 0. The number of amides is 1. The van der Waals surface area contributed by atoms with Crippen LogP contribution in [0.5, 0.6) is 0 Å². The molecule has 0 spiro atoms. The Bertz CT molecular complexity index is 408. The van der Waals surface area contributed by atoms with Crippen LogP contribution in [-0.4, -0.2) is 47.6 Å². The number of carboxylic acid groups (broad SMARTS) is 1. The van der Waals surface area contributed by atoms with Crippen LogP contribution in [0.2, 0.25) is 0 Å². The number of hydrogen-bond donors (Lipinski definition) is 2. The monoisotopic (exact) mass is 294 g/mol. The highest BCUT2D eigenvalue weighted by atomic mass is 16.4. The minimum Gasteiger partial charge on any atom is -0.481 e. The predicted octanol–water partition coefficient (Wildman–Crippen LogP) is 1.48. The van der Waals surface area contributed by atoms with Crippen molar-refractivity contribution < 1.29 is 14.7 Å². The van der Waals surface area contributed by atoms with Gasteiger partial charge in [-0.05, 0) is 44.6 Å². The van der Waals surface area contributed by atoms with E-state index in [2.05, 4.69) is 10.2 Å². The number of rotatable bonds is 5. The quantitative estimate of drug-likeness (QED) is 0.806. The van der Waals surface area contributed by atoms with Gasteiger partial charge in [-0.15, -0.1) is 0 Å². The molecule has 1 amide bonds. The highest BCUT2D eigenvalue weighted by molar-refractivity contribution is 5.84. The third-order valence-corrected chi connectivity index (χ3v) is 5.37. The van der Waals surface area contributed by atoms with Crippen molar-refractivity contribution in [2.24, 2.45) is 17.8 Å². The number of nitrogens with zero attached hydrogens (tertiary/aromatic N) is 1. The van der Waals surface area contributed by atoms with E-state index >= 15 is 0 Å². The van der Waals surface area contributed by atoms with E-state index < -0.39 is 11.9 Å². The van der Waals surface area contributed by atoms with Gasteiger partial charge in [0.15, 0.2) is 0 Å². The fraction of sp³-hybridized carbons (Fsp3) is 0.875. The van der Waals surface area contributed by atoms with Crippen molar-refractivity contribution in [3.05, 3.63) is 0 Å². The first-order valence-electron chi connectivity index (χ1n) is 8.39. The Labute approximate surface area is 126 Å². The lowest BCUT2D eigenvalue weighted by Crippen LogP contribution is -2.41. The molecule has 1 saturated heterocycles. The summed E-state index contributed by atoms with van der Waals surface area (Å²) in [6, 6.07) is 0.806. The molecule has 1 aliphatic heterocycles. The lowest BCUT2D eigenvalue weighted by molar-refractivity contribution is -0.148. The minimum atomic E-state index is -0.810. The third-order valence-electron chi connectivity index (χ3n) is 5.37. The summed E-state index contributed by atoms with van der Waals surface area (Å²) in [7, 11) is 0. The van der Waals surface area contributed by atoms with Crippen molar-refractivity contribution in [1.82, 2.24) is 10.2 Å².